The predicted molar refractivity (Wildman–Crippen MR) is 25.8 cm³/mol. The summed E-state index contributed by atoms with van der Waals surface area (Å²) in [4.78, 5) is 0. The van der Waals surface area contributed by atoms with Crippen LogP contribution < -0.4 is 56.5 Å². The molecule has 0 bridgehead atoms. The van der Waals surface area contributed by atoms with Gasteiger partial charge in [-0.25, -0.2) is 0 Å². The summed E-state index contributed by atoms with van der Waals surface area (Å²) in [6.45, 7) is 0. The topological polar surface area (TPSA) is 23.1 Å². The van der Waals surface area contributed by atoms with Gasteiger partial charge in [0.05, 0.1) is 0 Å². The Hall–Kier alpha value is 0.826. The minimum absolute atomic E-state index is 0. The summed E-state index contributed by atoms with van der Waals surface area (Å²) in [5.41, 5.74) is -7.45. The summed E-state index contributed by atoms with van der Waals surface area (Å²) >= 11 is 0. The van der Waals surface area contributed by atoms with Gasteiger partial charge in [0.15, 0.2) is 5.60 Å². The van der Waals surface area contributed by atoms with Crippen molar-refractivity contribution >= 4 is 0 Å². The second kappa shape index (κ2) is 5.31. The summed E-state index contributed by atoms with van der Waals surface area (Å²) in [5, 5.41) is 10.1. The molecular weight excluding hydrogens is 324 g/mol. The van der Waals surface area contributed by atoms with Gasteiger partial charge in [0.1, 0.15) is 0 Å². The van der Waals surface area contributed by atoms with Crippen LogP contribution in [0.5, 0.6) is 0 Å². The molecule has 0 saturated heterocycles. The molecule has 0 spiro atoms. The molecule has 0 rings (SSSR count). The fraction of sp³-hybridized carbons (Fsp3) is 1.00. The van der Waals surface area contributed by atoms with Crippen molar-refractivity contribution in [2.24, 2.45) is 0 Å². The quantitative estimate of drug-likeness (QED) is 0.467. The van der Waals surface area contributed by atoms with Crippen molar-refractivity contribution in [2.45, 2.75) is 30.1 Å². The first-order valence-electron chi connectivity index (χ1n) is 3.28. The van der Waals surface area contributed by atoms with Crippen LogP contribution in [0.25, 0.3) is 0 Å². The minimum atomic E-state index is -7.55. The number of alkyl halides is 11. The molecule has 0 fully saturated rings. The van der Waals surface area contributed by atoms with Crippen molar-refractivity contribution in [1.29, 1.82) is 0 Å². The van der Waals surface area contributed by atoms with Crippen molar-refractivity contribution in [1.82, 2.24) is 0 Å². The molecule has 0 aromatic rings. The maximum Gasteiger partial charge on any atom is 1.00 e. The smallest absolute Gasteiger partial charge is 0.832 e. The third kappa shape index (κ3) is 3.11. The van der Waals surface area contributed by atoms with Gasteiger partial charge in [-0.05, 0) is 0 Å². The molecule has 0 aliphatic heterocycles. The van der Waals surface area contributed by atoms with Crippen LogP contribution in [0.1, 0.15) is 0 Å². The first kappa shape index (κ1) is 21.1. The zero-order valence-corrected chi connectivity index (χ0v) is 11.2. The van der Waals surface area contributed by atoms with Crippen molar-refractivity contribution in [2.75, 3.05) is 0 Å². The normalized spacial score (nSPS) is 15.3. The van der Waals surface area contributed by atoms with E-state index in [4.69, 9.17) is 0 Å². The van der Waals surface area contributed by atoms with Gasteiger partial charge in [-0.2, -0.15) is 48.3 Å². The van der Waals surface area contributed by atoms with E-state index in [2.05, 4.69) is 0 Å². The second-order valence-electron chi connectivity index (χ2n) is 2.75. The number of hydrogen-bond acceptors (Lipinski definition) is 1. The van der Waals surface area contributed by atoms with Crippen LogP contribution in [0.15, 0.2) is 0 Å². The average molecular weight is 324 g/mol. The summed E-state index contributed by atoms with van der Waals surface area (Å²) in [5.74, 6) is -7.55. The van der Waals surface area contributed by atoms with E-state index in [0.717, 1.165) is 0 Å². The van der Waals surface area contributed by atoms with E-state index < -0.39 is 30.1 Å². The monoisotopic (exact) mass is 324 g/mol. The molecule has 1 nitrogen and oxygen atoms in total. The molecular formula is C5F11KO. The molecule has 0 heterocycles. The maximum absolute atomic E-state index is 12.1. The Kier molecular flexibility index (Phi) is 6.24. The van der Waals surface area contributed by atoms with Crippen LogP contribution >= 0.6 is 0 Å². The molecule has 0 N–H and O–H groups in total. The number of halogens is 11. The van der Waals surface area contributed by atoms with E-state index in [1.807, 2.05) is 0 Å². The van der Waals surface area contributed by atoms with Gasteiger partial charge < -0.3 is 5.11 Å². The number of rotatable bonds is 1. The van der Waals surface area contributed by atoms with E-state index in [9.17, 15) is 53.4 Å². The van der Waals surface area contributed by atoms with Crippen LogP contribution in [-0.2, 0) is 0 Å². The third-order valence-corrected chi connectivity index (χ3v) is 1.60. The van der Waals surface area contributed by atoms with Gasteiger partial charge in [-0.15, -0.1) is 0 Å². The maximum atomic E-state index is 12.1. The Morgan fingerprint density at radius 3 is 0.778 bits per heavy atom. The molecule has 0 amide bonds. The SMILES string of the molecule is [K+].[O-]C(C(F)(F)F)(C(F)(F)F)C(F)(F)C(F)(F)F. The molecule has 13 heteroatoms. The Morgan fingerprint density at radius 2 is 0.722 bits per heavy atom. The summed E-state index contributed by atoms with van der Waals surface area (Å²) in [6.07, 6.45) is -22.0. The molecule has 0 aliphatic carbocycles. The van der Waals surface area contributed by atoms with Gasteiger partial charge in [-0.3, -0.25) is 0 Å². The van der Waals surface area contributed by atoms with Gasteiger partial charge in [0, 0.05) is 0 Å². The second-order valence-corrected chi connectivity index (χ2v) is 2.75. The third-order valence-electron chi connectivity index (χ3n) is 1.60. The molecule has 0 saturated carbocycles. The Balaban J connectivity index is 0. The van der Waals surface area contributed by atoms with Crippen molar-refractivity contribution in [3.8, 4) is 0 Å². The molecule has 18 heavy (non-hydrogen) atoms. The minimum Gasteiger partial charge on any atom is -0.832 e. The summed E-state index contributed by atoms with van der Waals surface area (Å²) in [7, 11) is 0. The largest absolute Gasteiger partial charge is 1.00 e. The molecule has 0 unspecified atom stereocenters. The molecule has 104 valence electrons. The summed E-state index contributed by atoms with van der Waals surface area (Å²) < 4.78 is 128. The van der Waals surface area contributed by atoms with Crippen LogP contribution in [0.4, 0.5) is 48.3 Å². The molecule has 0 aromatic carbocycles. The molecule has 0 atom stereocenters. The van der Waals surface area contributed by atoms with Crippen molar-refractivity contribution in [3.05, 3.63) is 0 Å². The van der Waals surface area contributed by atoms with Crippen LogP contribution in [0, 0.1) is 0 Å². The van der Waals surface area contributed by atoms with E-state index in [-0.39, 0.29) is 51.4 Å². The first-order valence-corrected chi connectivity index (χ1v) is 3.28. The van der Waals surface area contributed by atoms with E-state index in [0.29, 0.717) is 0 Å². The summed E-state index contributed by atoms with van der Waals surface area (Å²) in [6, 6.07) is 0. The van der Waals surface area contributed by atoms with E-state index in [1.165, 1.54) is 0 Å². The first-order chi connectivity index (χ1) is 7.00. The van der Waals surface area contributed by atoms with Crippen molar-refractivity contribution in [3.63, 3.8) is 0 Å². The Labute approximate surface area is 134 Å². The van der Waals surface area contributed by atoms with Crippen molar-refractivity contribution < 1.29 is 105 Å². The van der Waals surface area contributed by atoms with E-state index in [1.54, 1.807) is 0 Å². The Bertz CT molecular complexity index is 271. The number of hydrogen-bond donors (Lipinski definition) is 0. The van der Waals surface area contributed by atoms with Crippen LogP contribution in [-0.4, -0.2) is 30.1 Å². The van der Waals surface area contributed by atoms with Gasteiger partial charge in [0.25, 0.3) is 0 Å². The zero-order chi connectivity index (χ0) is 14.5. The fourth-order valence-corrected chi connectivity index (χ4v) is 0.716. The van der Waals surface area contributed by atoms with Gasteiger partial charge >= 0.3 is 75.8 Å². The fourth-order valence-electron chi connectivity index (χ4n) is 0.716. The Morgan fingerprint density at radius 1 is 0.500 bits per heavy atom. The average Bonchev–Trinajstić information content (AvgIpc) is 1.95. The molecule has 0 aromatic heterocycles. The molecule has 0 radical (unpaired) electrons. The van der Waals surface area contributed by atoms with Gasteiger partial charge in [0.2, 0.25) is 0 Å². The van der Waals surface area contributed by atoms with Crippen LogP contribution in [0.3, 0.4) is 0 Å². The van der Waals surface area contributed by atoms with E-state index >= 15 is 0 Å². The van der Waals surface area contributed by atoms with Gasteiger partial charge in [-0.1, -0.05) is 0 Å². The van der Waals surface area contributed by atoms with Crippen LogP contribution in [0.2, 0.25) is 0 Å². The molecule has 0 aliphatic rings. The predicted octanol–water partition coefficient (Wildman–Crippen LogP) is -0.588. The standard InChI is InChI=1S/C5F11O.K/c6-2(7,5(14,15)16)1(17,3(8,9)10)4(11,12)13;/q-1;+1. The zero-order valence-electron chi connectivity index (χ0n) is 8.07.